The first-order valence-electron chi connectivity index (χ1n) is 5.15. The Labute approximate surface area is 122 Å². The molecule has 0 aliphatic rings. The first kappa shape index (κ1) is 13.2. The molecule has 0 fully saturated rings. The summed E-state index contributed by atoms with van der Waals surface area (Å²) < 4.78 is 0.843. The third kappa shape index (κ3) is 3.16. The molecule has 18 heavy (non-hydrogen) atoms. The zero-order valence-corrected chi connectivity index (χ0v) is 12.5. The minimum Gasteiger partial charge on any atom is -0.373 e. The lowest BCUT2D eigenvalue weighted by molar-refractivity contribution is -0.384. The number of halogens is 1. The zero-order chi connectivity index (χ0) is 13.1. The minimum atomic E-state index is -0.377. The van der Waals surface area contributed by atoms with Gasteiger partial charge in [-0.2, -0.15) is 0 Å². The highest BCUT2D eigenvalue weighted by molar-refractivity contribution is 14.1. The Kier molecular flexibility index (Phi) is 4.12. The molecular weight excluding hydrogens is 365 g/mol. The zero-order valence-electron chi connectivity index (χ0n) is 9.51. The van der Waals surface area contributed by atoms with Crippen molar-refractivity contribution in [1.29, 1.82) is 0 Å². The normalized spacial score (nSPS) is 10.3. The second-order valence-electron chi connectivity index (χ2n) is 3.64. The summed E-state index contributed by atoms with van der Waals surface area (Å²) in [5, 5.41) is 14.9. The van der Waals surface area contributed by atoms with Crippen LogP contribution in [0, 0.1) is 20.6 Å². The van der Waals surface area contributed by atoms with Gasteiger partial charge >= 0.3 is 0 Å². The van der Waals surface area contributed by atoms with Crippen LogP contribution in [0.15, 0.2) is 24.4 Å². The number of anilines is 1. The molecule has 0 aliphatic carbocycles. The van der Waals surface area contributed by atoms with Crippen LogP contribution in [-0.4, -0.2) is 9.91 Å². The average Bonchev–Trinajstić information content (AvgIpc) is 2.73. The quantitative estimate of drug-likeness (QED) is 0.504. The minimum absolute atomic E-state index is 0.0928. The molecule has 0 aliphatic heterocycles. The summed E-state index contributed by atoms with van der Waals surface area (Å²) in [6.07, 6.45) is 1.80. The van der Waals surface area contributed by atoms with Crippen LogP contribution in [0.3, 0.4) is 0 Å². The maximum absolute atomic E-state index is 10.9. The van der Waals surface area contributed by atoms with E-state index < -0.39 is 0 Å². The van der Waals surface area contributed by atoms with Gasteiger partial charge in [-0.1, -0.05) is 0 Å². The molecule has 0 unspecified atom stereocenters. The largest absolute Gasteiger partial charge is 0.373 e. The lowest BCUT2D eigenvalue weighted by Crippen LogP contribution is -2.02. The molecule has 0 bridgehead atoms. The van der Waals surface area contributed by atoms with Crippen LogP contribution < -0.4 is 5.32 Å². The first-order chi connectivity index (χ1) is 8.56. The van der Waals surface area contributed by atoms with Gasteiger partial charge in [0.05, 0.1) is 11.5 Å². The molecule has 1 heterocycles. The number of benzene rings is 1. The predicted molar refractivity (Wildman–Crippen MR) is 80.0 cm³/mol. The number of thiazole rings is 1. The molecule has 94 valence electrons. The number of aryl methyl sites for hydroxylation is 1. The van der Waals surface area contributed by atoms with Gasteiger partial charge in [-0.3, -0.25) is 10.1 Å². The summed E-state index contributed by atoms with van der Waals surface area (Å²) in [5.74, 6) is 0. The highest BCUT2D eigenvalue weighted by Crippen LogP contribution is 2.27. The standard InChI is InChI=1S/C11H10IN3O2S/c1-7-5-14-11(18-7)6-13-9-3-2-8(12)4-10(9)15(16)17/h2-5,13H,6H2,1H3. The van der Waals surface area contributed by atoms with Gasteiger partial charge in [-0.25, -0.2) is 4.98 Å². The van der Waals surface area contributed by atoms with Crippen LogP contribution in [0.1, 0.15) is 9.88 Å². The summed E-state index contributed by atoms with van der Waals surface area (Å²) in [5.41, 5.74) is 0.614. The van der Waals surface area contributed by atoms with Gasteiger partial charge in [0.25, 0.3) is 5.69 Å². The Morgan fingerprint density at radius 1 is 1.56 bits per heavy atom. The molecule has 0 saturated heterocycles. The van der Waals surface area contributed by atoms with Crippen molar-refractivity contribution < 1.29 is 4.92 Å². The summed E-state index contributed by atoms with van der Waals surface area (Å²) in [7, 11) is 0. The first-order valence-corrected chi connectivity index (χ1v) is 7.05. The fourth-order valence-electron chi connectivity index (χ4n) is 1.46. The van der Waals surface area contributed by atoms with E-state index in [1.807, 2.05) is 13.0 Å². The molecule has 1 aromatic heterocycles. The van der Waals surface area contributed by atoms with Crippen molar-refractivity contribution in [2.75, 3.05) is 5.32 Å². The Morgan fingerprint density at radius 3 is 2.94 bits per heavy atom. The molecule has 0 radical (unpaired) electrons. The number of hydrogen-bond donors (Lipinski definition) is 1. The van der Waals surface area contributed by atoms with E-state index in [-0.39, 0.29) is 10.6 Å². The smallest absolute Gasteiger partial charge is 0.293 e. The van der Waals surface area contributed by atoms with E-state index in [0.29, 0.717) is 12.2 Å². The van der Waals surface area contributed by atoms with Crippen molar-refractivity contribution in [3.8, 4) is 0 Å². The molecular formula is C11H10IN3O2S. The van der Waals surface area contributed by atoms with Crippen molar-refractivity contribution >= 4 is 45.3 Å². The number of hydrogen-bond acceptors (Lipinski definition) is 5. The molecule has 1 aromatic carbocycles. The molecule has 0 atom stereocenters. The fourth-order valence-corrected chi connectivity index (χ4v) is 2.66. The SMILES string of the molecule is Cc1cnc(CNc2ccc(I)cc2[N+](=O)[O-])s1. The fraction of sp³-hybridized carbons (Fsp3) is 0.182. The summed E-state index contributed by atoms with van der Waals surface area (Å²) in [6, 6.07) is 5.11. The van der Waals surface area contributed by atoms with E-state index in [2.05, 4.69) is 32.9 Å². The molecule has 0 amide bonds. The Morgan fingerprint density at radius 2 is 2.33 bits per heavy atom. The van der Waals surface area contributed by atoms with E-state index in [9.17, 15) is 10.1 Å². The summed E-state index contributed by atoms with van der Waals surface area (Å²) in [4.78, 5) is 15.9. The van der Waals surface area contributed by atoms with Crippen molar-refractivity contribution in [2.24, 2.45) is 0 Å². The third-order valence-electron chi connectivity index (χ3n) is 2.26. The van der Waals surface area contributed by atoms with Crippen LogP contribution in [0.25, 0.3) is 0 Å². The number of nitrogens with zero attached hydrogens (tertiary/aromatic N) is 2. The third-order valence-corrected chi connectivity index (χ3v) is 3.84. The van der Waals surface area contributed by atoms with Crippen molar-refractivity contribution in [3.63, 3.8) is 0 Å². The second-order valence-corrected chi connectivity index (χ2v) is 6.20. The Bertz CT molecular complexity index is 585. The number of nitro groups is 1. The molecule has 2 aromatic rings. The number of nitrogens with one attached hydrogen (secondary N) is 1. The van der Waals surface area contributed by atoms with Gasteiger partial charge in [0.2, 0.25) is 0 Å². The van der Waals surface area contributed by atoms with Crippen molar-refractivity contribution in [3.05, 3.63) is 48.0 Å². The van der Waals surface area contributed by atoms with Gasteiger partial charge in [0.1, 0.15) is 10.7 Å². The average molecular weight is 375 g/mol. The molecule has 2 rings (SSSR count). The highest BCUT2D eigenvalue weighted by Gasteiger charge is 2.14. The molecule has 0 spiro atoms. The van der Waals surface area contributed by atoms with Crippen LogP contribution >= 0.6 is 33.9 Å². The van der Waals surface area contributed by atoms with Gasteiger partial charge in [-0.05, 0) is 41.6 Å². The lowest BCUT2D eigenvalue weighted by Gasteiger charge is -2.05. The van der Waals surface area contributed by atoms with E-state index >= 15 is 0 Å². The lowest BCUT2D eigenvalue weighted by atomic mass is 10.2. The van der Waals surface area contributed by atoms with Gasteiger partial charge < -0.3 is 5.32 Å². The predicted octanol–water partition coefficient (Wildman–Crippen LogP) is 3.58. The summed E-state index contributed by atoms with van der Waals surface area (Å²) in [6.45, 7) is 2.48. The second kappa shape index (κ2) is 5.61. The number of nitro benzene ring substituents is 1. The molecule has 7 heteroatoms. The van der Waals surface area contributed by atoms with Gasteiger partial charge in [0.15, 0.2) is 0 Å². The van der Waals surface area contributed by atoms with Crippen LogP contribution in [0.2, 0.25) is 0 Å². The Hall–Kier alpha value is -1.22. The van der Waals surface area contributed by atoms with E-state index in [1.54, 1.807) is 29.7 Å². The van der Waals surface area contributed by atoms with Crippen LogP contribution in [-0.2, 0) is 6.54 Å². The van der Waals surface area contributed by atoms with Gasteiger partial charge in [-0.15, -0.1) is 11.3 Å². The van der Waals surface area contributed by atoms with Crippen LogP contribution in [0.4, 0.5) is 11.4 Å². The van der Waals surface area contributed by atoms with Crippen molar-refractivity contribution in [2.45, 2.75) is 13.5 Å². The van der Waals surface area contributed by atoms with Gasteiger partial charge in [0, 0.05) is 20.7 Å². The Balaban J connectivity index is 2.16. The molecule has 0 saturated carbocycles. The maximum Gasteiger partial charge on any atom is 0.293 e. The number of rotatable bonds is 4. The van der Waals surface area contributed by atoms with Crippen LogP contribution in [0.5, 0.6) is 0 Å². The topological polar surface area (TPSA) is 68.1 Å². The maximum atomic E-state index is 10.9. The van der Waals surface area contributed by atoms with E-state index in [0.717, 1.165) is 13.5 Å². The molecule has 5 nitrogen and oxygen atoms in total. The number of aromatic nitrogens is 1. The monoisotopic (exact) mass is 375 g/mol. The summed E-state index contributed by atoms with van der Waals surface area (Å²) >= 11 is 3.64. The molecule has 1 N–H and O–H groups in total. The van der Waals surface area contributed by atoms with Crippen molar-refractivity contribution in [1.82, 2.24) is 4.98 Å². The van der Waals surface area contributed by atoms with E-state index in [1.165, 1.54) is 0 Å². The van der Waals surface area contributed by atoms with E-state index in [4.69, 9.17) is 0 Å². The highest BCUT2D eigenvalue weighted by atomic mass is 127.